The number of hydrogen-bond acceptors (Lipinski definition) is 4. The molecule has 34 heavy (non-hydrogen) atoms. The molecule has 0 radical (unpaired) electrons. The Bertz CT molecular complexity index is 848. The van der Waals surface area contributed by atoms with E-state index in [0.717, 1.165) is 5.56 Å². The van der Waals surface area contributed by atoms with E-state index in [1.54, 1.807) is 13.8 Å². The number of benzene rings is 1. The molecule has 3 atom stereocenters. The van der Waals surface area contributed by atoms with Crippen molar-refractivity contribution in [2.75, 3.05) is 13.7 Å². The van der Waals surface area contributed by atoms with E-state index in [-0.39, 0.29) is 29.3 Å². The lowest BCUT2D eigenvalue weighted by Crippen LogP contribution is -2.56. The van der Waals surface area contributed by atoms with Crippen LogP contribution in [0.3, 0.4) is 0 Å². The highest BCUT2D eigenvalue weighted by Gasteiger charge is 2.37. The number of nitrogens with one attached hydrogen (secondary N) is 2. The molecule has 2 N–H and O–H groups in total. The van der Waals surface area contributed by atoms with Crippen LogP contribution < -0.4 is 10.6 Å². The highest BCUT2D eigenvalue weighted by Crippen LogP contribution is 2.29. The van der Waals surface area contributed by atoms with Gasteiger partial charge in [0.15, 0.2) is 0 Å². The maximum atomic E-state index is 13.5. The molecule has 1 unspecified atom stereocenters. The maximum Gasteiger partial charge on any atom is 0.333 e. The molecule has 5 nitrogen and oxygen atoms in total. The van der Waals surface area contributed by atoms with Gasteiger partial charge in [-0.25, -0.2) is 4.79 Å². The molecule has 190 valence electrons. The first kappa shape index (κ1) is 29.6. The minimum absolute atomic E-state index is 0.0414. The second-order valence-corrected chi connectivity index (χ2v) is 10.9. The molecule has 0 saturated carbocycles. The van der Waals surface area contributed by atoms with Gasteiger partial charge in [-0.1, -0.05) is 97.0 Å². The van der Waals surface area contributed by atoms with E-state index in [2.05, 4.69) is 83.4 Å². The van der Waals surface area contributed by atoms with Crippen LogP contribution in [-0.2, 0) is 19.7 Å². The third-order valence-electron chi connectivity index (χ3n) is 6.36. The first-order valence-corrected chi connectivity index (χ1v) is 12.3. The Kier molecular flexibility index (Phi) is 11.2. The van der Waals surface area contributed by atoms with Crippen LogP contribution in [0.5, 0.6) is 0 Å². The smallest absolute Gasteiger partial charge is 0.333 e. The highest BCUT2D eigenvalue weighted by atomic mass is 16.5. The number of amides is 1. The summed E-state index contributed by atoms with van der Waals surface area (Å²) in [5.74, 6) is 0.00790. The average Bonchev–Trinajstić information content (AvgIpc) is 2.75. The minimum atomic E-state index is -0.403. The molecule has 1 aromatic carbocycles. The number of likely N-dealkylation sites (N-methyl/N-ethyl adjacent to an activating group) is 1. The van der Waals surface area contributed by atoms with Gasteiger partial charge >= 0.3 is 5.97 Å². The van der Waals surface area contributed by atoms with Crippen molar-refractivity contribution < 1.29 is 14.3 Å². The fourth-order valence-electron chi connectivity index (χ4n) is 3.96. The molecule has 1 aromatic rings. The van der Waals surface area contributed by atoms with Crippen LogP contribution in [0.4, 0.5) is 0 Å². The summed E-state index contributed by atoms with van der Waals surface area (Å²) in [5, 5.41) is 6.51. The standard InChI is InChI=1S/C29H46N2O3/c1-11-34-27(33)21(4)19-22(20(2)3)17-18-24(28(5,6)7)31-26(32)25(30-10)29(8,9)23-15-13-12-14-16-23/h12-20,22,24-25,30H,11H2,1-10H3,(H,31,32)/b18-17+,21-19+/t22-,24?,25-/m1/s1. The molecule has 0 aliphatic carbocycles. The second kappa shape index (κ2) is 12.9. The van der Waals surface area contributed by atoms with Crippen molar-refractivity contribution in [3.63, 3.8) is 0 Å². The zero-order chi connectivity index (χ0) is 26.1. The molecule has 0 spiro atoms. The fourth-order valence-corrected chi connectivity index (χ4v) is 3.96. The number of ether oxygens (including phenoxy) is 1. The van der Waals surface area contributed by atoms with E-state index in [9.17, 15) is 9.59 Å². The molecule has 0 saturated heterocycles. The van der Waals surface area contributed by atoms with Crippen LogP contribution in [0.1, 0.15) is 67.9 Å². The molecule has 1 rings (SSSR count). The Balaban J connectivity index is 3.17. The summed E-state index contributed by atoms with van der Waals surface area (Å²) in [6.07, 6.45) is 6.12. The van der Waals surface area contributed by atoms with Gasteiger partial charge in [-0.05, 0) is 43.7 Å². The Morgan fingerprint density at radius 1 is 1.03 bits per heavy atom. The van der Waals surface area contributed by atoms with E-state index in [1.165, 1.54) is 0 Å². The van der Waals surface area contributed by atoms with E-state index >= 15 is 0 Å². The number of rotatable bonds is 11. The summed E-state index contributed by atoms with van der Waals surface area (Å²) >= 11 is 0. The van der Waals surface area contributed by atoms with Crippen molar-refractivity contribution in [3.05, 3.63) is 59.7 Å². The summed E-state index contributed by atoms with van der Waals surface area (Å²) in [7, 11) is 1.83. The summed E-state index contributed by atoms with van der Waals surface area (Å²) in [6, 6.07) is 9.52. The lowest BCUT2D eigenvalue weighted by Gasteiger charge is -2.37. The van der Waals surface area contributed by atoms with Gasteiger partial charge in [0.25, 0.3) is 0 Å². The largest absolute Gasteiger partial charge is 0.463 e. The van der Waals surface area contributed by atoms with E-state index in [0.29, 0.717) is 18.1 Å². The van der Waals surface area contributed by atoms with Crippen molar-refractivity contribution >= 4 is 11.9 Å². The Morgan fingerprint density at radius 2 is 1.62 bits per heavy atom. The Hall–Kier alpha value is -2.40. The molecule has 0 fully saturated rings. The second-order valence-electron chi connectivity index (χ2n) is 10.9. The Morgan fingerprint density at radius 3 is 2.09 bits per heavy atom. The summed E-state index contributed by atoms with van der Waals surface area (Å²) in [5.41, 5.74) is 1.11. The van der Waals surface area contributed by atoms with Crippen LogP contribution in [0.15, 0.2) is 54.1 Å². The molecular weight excluding hydrogens is 424 g/mol. The first-order valence-electron chi connectivity index (χ1n) is 12.3. The number of hydrogen-bond donors (Lipinski definition) is 2. The first-order chi connectivity index (χ1) is 15.7. The summed E-state index contributed by atoms with van der Waals surface area (Å²) in [4.78, 5) is 25.6. The zero-order valence-electron chi connectivity index (χ0n) is 22.9. The molecule has 0 heterocycles. The van der Waals surface area contributed by atoms with Crippen molar-refractivity contribution in [1.82, 2.24) is 10.6 Å². The van der Waals surface area contributed by atoms with Crippen LogP contribution in [0.25, 0.3) is 0 Å². The van der Waals surface area contributed by atoms with Crippen molar-refractivity contribution in [2.24, 2.45) is 17.3 Å². The number of carbonyl (C=O) groups is 2. The minimum Gasteiger partial charge on any atom is -0.463 e. The monoisotopic (exact) mass is 470 g/mol. The van der Waals surface area contributed by atoms with Gasteiger partial charge in [0, 0.05) is 11.0 Å². The molecule has 0 aliphatic rings. The fraction of sp³-hybridized carbons (Fsp3) is 0.586. The lowest BCUT2D eigenvalue weighted by molar-refractivity contribution is -0.138. The van der Waals surface area contributed by atoms with Crippen LogP contribution >= 0.6 is 0 Å². The highest BCUT2D eigenvalue weighted by molar-refractivity contribution is 5.87. The van der Waals surface area contributed by atoms with Gasteiger partial charge in [-0.2, -0.15) is 0 Å². The van der Waals surface area contributed by atoms with Gasteiger partial charge in [0.1, 0.15) is 0 Å². The zero-order valence-corrected chi connectivity index (χ0v) is 22.9. The molecule has 0 aliphatic heterocycles. The van der Waals surface area contributed by atoms with Crippen molar-refractivity contribution in [1.29, 1.82) is 0 Å². The number of carbonyl (C=O) groups excluding carboxylic acids is 2. The van der Waals surface area contributed by atoms with Gasteiger partial charge < -0.3 is 15.4 Å². The van der Waals surface area contributed by atoms with Gasteiger partial charge in [0.05, 0.1) is 18.7 Å². The third-order valence-corrected chi connectivity index (χ3v) is 6.36. The van der Waals surface area contributed by atoms with E-state index in [1.807, 2.05) is 31.3 Å². The molecule has 0 aromatic heterocycles. The van der Waals surface area contributed by atoms with Gasteiger partial charge in [-0.3, -0.25) is 4.79 Å². The summed E-state index contributed by atoms with van der Waals surface area (Å²) < 4.78 is 5.13. The van der Waals surface area contributed by atoms with Gasteiger partial charge in [0.2, 0.25) is 5.91 Å². The van der Waals surface area contributed by atoms with Crippen molar-refractivity contribution in [2.45, 2.75) is 79.8 Å². The van der Waals surface area contributed by atoms with Crippen LogP contribution in [0, 0.1) is 17.3 Å². The number of allylic oxidation sites excluding steroid dienone is 2. The number of esters is 1. The molecule has 0 bridgehead atoms. The van der Waals surface area contributed by atoms with Gasteiger partial charge in [-0.15, -0.1) is 0 Å². The Labute approximate surface area is 207 Å². The normalized spacial score (nSPS) is 15.8. The van der Waals surface area contributed by atoms with Crippen molar-refractivity contribution in [3.8, 4) is 0 Å². The molecule has 1 amide bonds. The lowest BCUT2D eigenvalue weighted by atomic mass is 9.76. The van der Waals surface area contributed by atoms with Crippen LogP contribution in [0.2, 0.25) is 0 Å². The van der Waals surface area contributed by atoms with Crippen LogP contribution in [-0.4, -0.2) is 37.6 Å². The third kappa shape index (κ3) is 8.43. The average molecular weight is 471 g/mol. The quantitative estimate of drug-likeness (QED) is 0.257. The predicted molar refractivity (Wildman–Crippen MR) is 142 cm³/mol. The summed E-state index contributed by atoms with van der Waals surface area (Å²) in [6.45, 7) is 18.7. The molecule has 5 heteroatoms. The predicted octanol–water partition coefficient (Wildman–Crippen LogP) is 5.42. The molecular formula is C29H46N2O3. The topological polar surface area (TPSA) is 67.4 Å². The van der Waals surface area contributed by atoms with E-state index in [4.69, 9.17) is 4.74 Å². The SMILES string of the molecule is CCOC(=O)/C(C)=C/[C@@H](/C=C/C(NC(=O)[C@@H](NC)C(C)(C)c1ccccc1)C(C)(C)C)C(C)C. The van der Waals surface area contributed by atoms with E-state index < -0.39 is 11.5 Å². The maximum absolute atomic E-state index is 13.5.